The standard InChI is InChI=1S/C28H22N6O3S/c1-33(2)38(36,37)23-12-8-9-19(16-23)26-21(18-34(32-26)22-10-4-3-5-11-22)15-20(17-29)27-30-25-14-7-6-13-24(25)28(35)31-27/h3-16,18H,1-2H3,(H,30,31,35). The highest BCUT2D eigenvalue weighted by Gasteiger charge is 2.20. The summed E-state index contributed by atoms with van der Waals surface area (Å²) in [5.41, 5.74) is 2.56. The summed E-state index contributed by atoms with van der Waals surface area (Å²) < 4.78 is 28.4. The van der Waals surface area contributed by atoms with Gasteiger partial charge in [0.25, 0.3) is 5.56 Å². The Kier molecular flexibility index (Phi) is 6.46. The zero-order valence-electron chi connectivity index (χ0n) is 20.5. The molecule has 9 nitrogen and oxygen atoms in total. The van der Waals surface area contributed by atoms with Gasteiger partial charge in [-0.1, -0.05) is 42.5 Å². The number of aromatic amines is 1. The summed E-state index contributed by atoms with van der Waals surface area (Å²) in [5, 5.41) is 15.2. The van der Waals surface area contributed by atoms with Gasteiger partial charge in [0.1, 0.15) is 11.8 Å². The fraction of sp³-hybridized carbons (Fsp3) is 0.0714. The van der Waals surface area contributed by atoms with Crippen molar-refractivity contribution in [2.45, 2.75) is 4.90 Å². The lowest BCUT2D eigenvalue weighted by Crippen LogP contribution is -2.22. The summed E-state index contributed by atoms with van der Waals surface area (Å²) in [4.78, 5) is 19.9. The van der Waals surface area contributed by atoms with Crippen LogP contribution in [0.3, 0.4) is 0 Å². The van der Waals surface area contributed by atoms with Gasteiger partial charge < -0.3 is 4.98 Å². The summed E-state index contributed by atoms with van der Waals surface area (Å²) in [6.45, 7) is 0. The molecule has 2 aromatic heterocycles. The largest absolute Gasteiger partial charge is 0.305 e. The van der Waals surface area contributed by atoms with Crippen LogP contribution in [0.5, 0.6) is 0 Å². The Morgan fingerprint density at radius 1 is 1.03 bits per heavy atom. The fourth-order valence-electron chi connectivity index (χ4n) is 3.97. The fourth-order valence-corrected chi connectivity index (χ4v) is 4.92. The molecule has 0 aliphatic heterocycles. The third-order valence-corrected chi connectivity index (χ3v) is 7.75. The molecular weight excluding hydrogens is 500 g/mol. The minimum absolute atomic E-state index is 0.116. The lowest BCUT2D eigenvalue weighted by molar-refractivity contribution is 0.521. The quantitative estimate of drug-likeness (QED) is 0.335. The number of sulfonamides is 1. The topological polar surface area (TPSA) is 125 Å². The van der Waals surface area contributed by atoms with Gasteiger partial charge in [-0.05, 0) is 42.5 Å². The summed E-state index contributed by atoms with van der Waals surface area (Å²) in [6.07, 6.45) is 3.33. The Morgan fingerprint density at radius 3 is 2.50 bits per heavy atom. The van der Waals surface area contributed by atoms with Gasteiger partial charge in [-0.25, -0.2) is 22.4 Å². The van der Waals surface area contributed by atoms with Crippen molar-refractivity contribution in [3.8, 4) is 23.0 Å². The second-order valence-corrected chi connectivity index (χ2v) is 10.8. The molecule has 0 fully saturated rings. The third kappa shape index (κ3) is 4.64. The Balaban J connectivity index is 1.71. The Hall–Kier alpha value is -4.85. The van der Waals surface area contributed by atoms with Gasteiger partial charge in [0, 0.05) is 31.4 Å². The number of nitrogens with zero attached hydrogens (tertiary/aromatic N) is 5. The first-order valence-electron chi connectivity index (χ1n) is 11.6. The number of hydrogen-bond donors (Lipinski definition) is 1. The van der Waals surface area contributed by atoms with E-state index in [9.17, 15) is 18.5 Å². The molecule has 0 spiro atoms. The van der Waals surface area contributed by atoms with Crippen molar-refractivity contribution in [1.82, 2.24) is 24.1 Å². The summed E-state index contributed by atoms with van der Waals surface area (Å²) in [7, 11) is -0.742. The van der Waals surface area contributed by atoms with Crippen LogP contribution in [0.1, 0.15) is 11.4 Å². The number of rotatable bonds is 6. The van der Waals surface area contributed by atoms with Gasteiger partial charge in [0.15, 0.2) is 5.82 Å². The summed E-state index contributed by atoms with van der Waals surface area (Å²) in [5.74, 6) is 0.124. The normalized spacial score (nSPS) is 12.1. The van der Waals surface area contributed by atoms with Crippen molar-refractivity contribution in [2.24, 2.45) is 0 Å². The van der Waals surface area contributed by atoms with Crippen LogP contribution >= 0.6 is 0 Å². The number of H-pyrrole nitrogens is 1. The smallest absolute Gasteiger partial charge is 0.259 e. The molecule has 0 atom stereocenters. The van der Waals surface area contributed by atoms with E-state index in [1.807, 2.05) is 30.3 Å². The Bertz CT molecular complexity index is 1900. The van der Waals surface area contributed by atoms with Gasteiger partial charge in [-0.15, -0.1) is 0 Å². The SMILES string of the molecule is CN(C)S(=O)(=O)c1cccc(-c2nn(-c3ccccc3)cc2C=C(C#N)c2nc3ccccc3c(=O)[nH]2)c1. The van der Waals surface area contributed by atoms with Crippen molar-refractivity contribution in [2.75, 3.05) is 14.1 Å². The van der Waals surface area contributed by atoms with Crippen LogP contribution in [-0.4, -0.2) is 46.6 Å². The van der Waals surface area contributed by atoms with Gasteiger partial charge in [0.2, 0.25) is 10.0 Å². The van der Waals surface area contributed by atoms with E-state index in [4.69, 9.17) is 5.10 Å². The van der Waals surface area contributed by atoms with Crippen LogP contribution in [0.25, 0.3) is 39.5 Å². The molecule has 0 aliphatic rings. The van der Waals surface area contributed by atoms with Crippen molar-refractivity contribution in [3.05, 3.63) is 107 Å². The molecule has 0 aliphatic carbocycles. The zero-order valence-corrected chi connectivity index (χ0v) is 21.3. The molecule has 5 rings (SSSR count). The number of hydrogen-bond acceptors (Lipinski definition) is 6. The Labute approximate surface area is 219 Å². The number of fused-ring (bicyclic) bond motifs is 1. The van der Waals surface area contributed by atoms with E-state index in [0.717, 1.165) is 9.99 Å². The molecule has 0 radical (unpaired) electrons. The molecular formula is C28H22N6O3S. The van der Waals surface area contributed by atoms with Crippen LogP contribution in [0.2, 0.25) is 0 Å². The number of benzene rings is 3. The number of nitriles is 1. The molecule has 3 aromatic carbocycles. The number of para-hydroxylation sites is 2. The van der Waals surface area contributed by atoms with E-state index in [-0.39, 0.29) is 21.9 Å². The minimum Gasteiger partial charge on any atom is -0.305 e. The number of aromatic nitrogens is 4. The van der Waals surface area contributed by atoms with E-state index >= 15 is 0 Å². The molecule has 0 bridgehead atoms. The maximum atomic E-state index is 12.8. The highest BCUT2D eigenvalue weighted by Crippen LogP contribution is 2.29. The summed E-state index contributed by atoms with van der Waals surface area (Å²) >= 11 is 0. The highest BCUT2D eigenvalue weighted by atomic mass is 32.2. The second-order valence-electron chi connectivity index (χ2n) is 8.63. The highest BCUT2D eigenvalue weighted by molar-refractivity contribution is 7.89. The predicted octanol–water partition coefficient (Wildman–Crippen LogP) is 4.09. The van der Waals surface area contributed by atoms with E-state index in [1.165, 1.54) is 20.2 Å². The molecule has 0 saturated heterocycles. The first-order chi connectivity index (χ1) is 18.3. The molecule has 38 heavy (non-hydrogen) atoms. The monoisotopic (exact) mass is 522 g/mol. The zero-order chi connectivity index (χ0) is 26.9. The van der Waals surface area contributed by atoms with Crippen LogP contribution in [0.4, 0.5) is 0 Å². The van der Waals surface area contributed by atoms with Gasteiger partial charge in [-0.3, -0.25) is 4.79 Å². The van der Waals surface area contributed by atoms with Crippen molar-refractivity contribution in [3.63, 3.8) is 0 Å². The predicted molar refractivity (Wildman–Crippen MR) is 146 cm³/mol. The number of allylic oxidation sites excluding steroid dienone is 1. The first kappa shape index (κ1) is 24.8. The minimum atomic E-state index is -3.68. The Morgan fingerprint density at radius 2 is 1.76 bits per heavy atom. The van der Waals surface area contributed by atoms with Gasteiger partial charge >= 0.3 is 0 Å². The average Bonchev–Trinajstić information content (AvgIpc) is 3.36. The maximum absolute atomic E-state index is 12.8. The van der Waals surface area contributed by atoms with E-state index in [0.29, 0.717) is 27.7 Å². The molecule has 1 N–H and O–H groups in total. The molecule has 10 heteroatoms. The lowest BCUT2D eigenvalue weighted by atomic mass is 10.1. The molecule has 0 saturated carbocycles. The second kappa shape index (κ2) is 9.89. The number of nitrogens with one attached hydrogen (secondary N) is 1. The van der Waals surface area contributed by atoms with Crippen LogP contribution < -0.4 is 5.56 Å². The van der Waals surface area contributed by atoms with E-state index < -0.39 is 10.0 Å². The van der Waals surface area contributed by atoms with Gasteiger partial charge in [0.05, 0.1) is 27.1 Å². The van der Waals surface area contributed by atoms with Crippen molar-refractivity contribution in [1.29, 1.82) is 5.26 Å². The van der Waals surface area contributed by atoms with Crippen molar-refractivity contribution >= 4 is 32.6 Å². The van der Waals surface area contributed by atoms with Gasteiger partial charge in [-0.2, -0.15) is 10.4 Å². The average molecular weight is 523 g/mol. The van der Waals surface area contributed by atoms with E-state index in [1.54, 1.807) is 59.4 Å². The third-order valence-electron chi connectivity index (χ3n) is 5.94. The van der Waals surface area contributed by atoms with Crippen LogP contribution in [-0.2, 0) is 10.0 Å². The molecule has 188 valence electrons. The van der Waals surface area contributed by atoms with Crippen molar-refractivity contribution < 1.29 is 8.42 Å². The first-order valence-corrected chi connectivity index (χ1v) is 13.0. The van der Waals surface area contributed by atoms with Crippen LogP contribution in [0, 0.1) is 11.3 Å². The molecule has 0 amide bonds. The van der Waals surface area contributed by atoms with Crippen LogP contribution in [0.15, 0.2) is 94.7 Å². The maximum Gasteiger partial charge on any atom is 0.259 e. The molecule has 0 unspecified atom stereocenters. The molecule has 5 aromatic rings. The lowest BCUT2D eigenvalue weighted by Gasteiger charge is -2.12. The summed E-state index contributed by atoms with van der Waals surface area (Å²) in [6, 6.07) is 24.9. The molecule has 2 heterocycles. The van der Waals surface area contributed by atoms with E-state index in [2.05, 4.69) is 16.0 Å².